The molecule has 0 saturated heterocycles. The molecule has 0 bridgehead atoms. The zero-order valence-electron chi connectivity index (χ0n) is 9.59. The van der Waals surface area contributed by atoms with Gasteiger partial charge in [0.15, 0.2) is 18.9 Å². The van der Waals surface area contributed by atoms with Crippen molar-refractivity contribution < 1.29 is 44.3 Å². The summed E-state index contributed by atoms with van der Waals surface area (Å²) < 4.78 is 2.31. The second-order valence-corrected chi connectivity index (χ2v) is 4.15. The van der Waals surface area contributed by atoms with Gasteiger partial charge in [-0.3, -0.25) is 0 Å². The molecule has 0 atom stereocenters. The van der Waals surface area contributed by atoms with E-state index in [0.717, 1.165) is 13.1 Å². The first kappa shape index (κ1) is 16.1. The Morgan fingerprint density at radius 2 is 1.81 bits per heavy atom. The Morgan fingerprint density at radius 3 is 2.50 bits per heavy atom. The van der Waals surface area contributed by atoms with Crippen LogP contribution in [0.1, 0.15) is 30.4 Å². The van der Waals surface area contributed by atoms with Crippen molar-refractivity contribution >= 4 is 0 Å². The Balaban J connectivity index is 0.00000112. The highest BCUT2D eigenvalue weighted by Crippen LogP contribution is 2.18. The molecule has 2 rings (SSSR count). The number of quaternary nitrogens is 1. The second-order valence-electron chi connectivity index (χ2n) is 4.15. The van der Waals surface area contributed by atoms with Gasteiger partial charge in [0.25, 0.3) is 0 Å². The summed E-state index contributed by atoms with van der Waals surface area (Å²) in [5, 5.41) is 0. The number of aromatic nitrogens is 1. The van der Waals surface area contributed by atoms with Crippen LogP contribution in [0.2, 0.25) is 0 Å². The minimum Gasteiger partial charge on any atom is -1.00 e. The van der Waals surface area contributed by atoms with Gasteiger partial charge in [-0.15, -0.1) is 0 Å². The average molecular weight is 352 g/mol. The third kappa shape index (κ3) is 4.15. The van der Waals surface area contributed by atoms with Crippen molar-refractivity contribution in [2.45, 2.75) is 38.6 Å². The molecular formula is C12H20Br2N2. The number of hydrogen-bond donors (Lipinski definition) is 1. The highest BCUT2D eigenvalue weighted by Gasteiger charge is 2.12. The smallest absolute Gasteiger partial charge is 0.172 e. The first-order valence-corrected chi connectivity index (χ1v) is 5.70. The first-order chi connectivity index (χ1) is 6.90. The second kappa shape index (κ2) is 8.20. The number of fused-ring (bicyclic) bond motifs is 1. The number of nitrogens with zero attached hydrogens (tertiary/aromatic N) is 1. The fourth-order valence-electron chi connectivity index (χ4n) is 2.15. The van der Waals surface area contributed by atoms with Crippen molar-refractivity contribution in [3.63, 3.8) is 0 Å². The molecule has 16 heavy (non-hydrogen) atoms. The molecule has 0 unspecified atom stereocenters. The molecule has 1 aliphatic rings. The lowest BCUT2D eigenvalue weighted by Gasteiger charge is -2.13. The van der Waals surface area contributed by atoms with Crippen LogP contribution >= 0.6 is 0 Å². The van der Waals surface area contributed by atoms with Gasteiger partial charge in [0.1, 0.15) is 0 Å². The molecule has 0 radical (unpaired) electrons. The molecule has 0 amide bonds. The summed E-state index contributed by atoms with van der Waals surface area (Å²) in [6, 6.07) is 2.30. The molecule has 3 N–H and O–H groups in total. The van der Waals surface area contributed by atoms with Crippen molar-refractivity contribution in [3.05, 3.63) is 29.6 Å². The van der Waals surface area contributed by atoms with E-state index in [4.69, 9.17) is 0 Å². The predicted octanol–water partition coefficient (Wildman–Crippen LogP) is -5.51. The van der Waals surface area contributed by atoms with Crippen LogP contribution < -0.4 is 44.3 Å². The number of aryl methyl sites for hydroxylation is 3. The van der Waals surface area contributed by atoms with E-state index in [9.17, 15) is 0 Å². The summed E-state index contributed by atoms with van der Waals surface area (Å²) >= 11 is 0. The molecule has 0 spiro atoms. The van der Waals surface area contributed by atoms with Gasteiger partial charge in [-0.1, -0.05) is 0 Å². The molecule has 2 nitrogen and oxygen atoms in total. The topological polar surface area (TPSA) is 31.5 Å². The quantitative estimate of drug-likeness (QED) is 0.527. The lowest BCUT2D eigenvalue weighted by molar-refractivity contribution is -0.699. The van der Waals surface area contributed by atoms with Gasteiger partial charge in [0, 0.05) is 11.6 Å². The monoisotopic (exact) mass is 350 g/mol. The van der Waals surface area contributed by atoms with Crippen LogP contribution in [0.4, 0.5) is 0 Å². The van der Waals surface area contributed by atoms with Crippen LogP contribution in [0.3, 0.4) is 0 Å². The number of pyridine rings is 1. The van der Waals surface area contributed by atoms with Crippen LogP contribution in [0, 0.1) is 0 Å². The summed E-state index contributed by atoms with van der Waals surface area (Å²) in [7, 11) is 0. The Labute approximate surface area is 119 Å². The zero-order valence-corrected chi connectivity index (χ0v) is 12.8. The Bertz CT molecular complexity index is 316. The van der Waals surface area contributed by atoms with E-state index in [-0.39, 0.29) is 34.0 Å². The first-order valence-electron chi connectivity index (χ1n) is 5.70. The fourth-order valence-corrected chi connectivity index (χ4v) is 2.15. The SMILES string of the molecule is [Br-].[Br-].[NH3+]CCC[n+]1ccc2c(c1)CCCC2. The van der Waals surface area contributed by atoms with Gasteiger partial charge >= 0.3 is 0 Å². The number of rotatable bonds is 3. The van der Waals surface area contributed by atoms with E-state index in [0.29, 0.717) is 0 Å². The molecule has 92 valence electrons. The molecule has 1 aromatic rings. The highest BCUT2D eigenvalue weighted by atomic mass is 79.9. The van der Waals surface area contributed by atoms with Crippen molar-refractivity contribution in [3.8, 4) is 0 Å². The predicted molar refractivity (Wildman–Crippen MR) is 55.7 cm³/mol. The van der Waals surface area contributed by atoms with Crippen molar-refractivity contribution in [1.29, 1.82) is 0 Å². The molecular weight excluding hydrogens is 332 g/mol. The van der Waals surface area contributed by atoms with Crippen molar-refractivity contribution in [2.24, 2.45) is 0 Å². The average Bonchev–Trinajstić information content (AvgIpc) is 2.26. The molecule has 1 aromatic heterocycles. The van der Waals surface area contributed by atoms with Crippen LogP contribution in [-0.4, -0.2) is 6.54 Å². The van der Waals surface area contributed by atoms with Crippen LogP contribution in [0.25, 0.3) is 0 Å². The Kier molecular flexibility index (Phi) is 8.24. The Morgan fingerprint density at radius 1 is 1.12 bits per heavy atom. The standard InChI is InChI=1S/C12H19N2.2BrH/c13-7-3-8-14-9-6-11-4-1-2-5-12(11)10-14;;/h6,9-10H,1-5,7-8,13H2;2*1H/q+1;;/p-1. The van der Waals surface area contributed by atoms with E-state index in [1.165, 1.54) is 32.1 Å². The molecule has 0 fully saturated rings. The highest BCUT2D eigenvalue weighted by molar-refractivity contribution is 5.23. The van der Waals surface area contributed by atoms with Gasteiger partial charge in [0.2, 0.25) is 0 Å². The molecule has 1 heterocycles. The fraction of sp³-hybridized carbons (Fsp3) is 0.583. The largest absolute Gasteiger partial charge is 1.00 e. The number of hydrogen-bond acceptors (Lipinski definition) is 0. The summed E-state index contributed by atoms with van der Waals surface area (Å²) in [6.07, 6.45) is 11.0. The van der Waals surface area contributed by atoms with E-state index < -0.39 is 0 Å². The van der Waals surface area contributed by atoms with E-state index in [1.807, 2.05) is 0 Å². The summed E-state index contributed by atoms with van der Waals surface area (Å²) in [5.74, 6) is 0. The Hall–Kier alpha value is 0.0700. The van der Waals surface area contributed by atoms with Crippen molar-refractivity contribution in [2.75, 3.05) is 6.54 Å². The van der Waals surface area contributed by atoms with Gasteiger partial charge in [-0.05, 0) is 31.2 Å². The van der Waals surface area contributed by atoms with E-state index in [2.05, 4.69) is 28.8 Å². The lowest BCUT2D eigenvalue weighted by atomic mass is 9.93. The molecule has 4 heteroatoms. The van der Waals surface area contributed by atoms with Crippen LogP contribution in [0.5, 0.6) is 0 Å². The molecule has 1 aliphatic carbocycles. The van der Waals surface area contributed by atoms with Crippen LogP contribution in [-0.2, 0) is 19.4 Å². The third-order valence-electron chi connectivity index (χ3n) is 3.01. The number of halogens is 2. The van der Waals surface area contributed by atoms with Gasteiger partial charge in [0.05, 0.1) is 13.0 Å². The summed E-state index contributed by atoms with van der Waals surface area (Å²) in [5.41, 5.74) is 7.02. The maximum absolute atomic E-state index is 3.87. The maximum Gasteiger partial charge on any atom is 0.172 e. The van der Waals surface area contributed by atoms with E-state index in [1.54, 1.807) is 11.1 Å². The normalized spacial score (nSPS) is 13.3. The maximum atomic E-state index is 3.87. The minimum atomic E-state index is 0. The molecule has 0 aliphatic heterocycles. The van der Waals surface area contributed by atoms with Crippen molar-refractivity contribution in [1.82, 2.24) is 0 Å². The summed E-state index contributed by atoms with van der Waals surface area (Å²) in [6.45, 7) is 2.15. The van der Waals surface area contributed by atoms with Gasteiger partial charge < -0.3 is 39.7 Å². The minimum absolute atomic E-state index is 0. The summed E-state index contributed by atoms with van der Waals surface area (Å²) in [4.78, 5) is 0. The zero-order chi connectivity index (χ0) is 9.80. The van der Waals surface area contributed by atoms with E-state index >= 15 is 0 Å². The van der Waals surface area contributed by atoms with Gasteiger partial charge in [-0.2, -0.15) is 0 Å². The molecule has 0 aromatic carbocycles. The lowest BCUT2D eigenvalue weighted by Crippen LogP contribution is -3.00. The molecule has 0 saturated carbocycles. The third-order valence-corrected chi connectivity index (χ3v) is 3.01. The van der Waals surface area contributed by atoms with Crippen LogP contribution in [0.15, 0.2) is 18.5 Å². The van der Waals surface area contributed by atoms with Gasteiger partial charge in [-0.25, -0.2) is 4.57 Å².